The van der Waals surface area contributed by atoms with Gasteiger partial charge in [0.25, 0.3) is 0 Å². The predicted molar refractivity (Wildman–Crippen MR) is 94.9 cm³/mol. The molecule has 0 aromatic heterocycles. The van der Waals surface area contributed by atoms with Crippen molar-refractivity contribution >= 4 is 35.6 Å². The maximum absolute atomic E-state index is 13.9. The summed E-state index contributed by atoms with van der Waals surface area (Å²) in [6.45, 7) is 0. The number of carbonyl (C=O) groups excluding carboxylic acids is 1. The number of primary amides is 1. The van der Waals surface area contributed by atoms with E-state index in [1.807, 2.05) is 30.3 Å². The fourth-order valence-electron chi connectivity index (χ4n) is 2.79. The number of nitrogens with two attached hydrogens (primary N) is 1. The molecule has 0 spiro atoms. The molecule has 2 aromatic carbocycles. The molecular weight excluding hydrogens is 349 g/mol. The molecule has 0 bridgehead atoms. The van der Waals surface area contributed by atoms with E-state index >= 15 is 0 Å². The normalized spacial score (nSPS) is 23.0. The van der Waals surface area contributed by atoms with E-state index < -0.39 is 10.9 Å². The molecule has 24 heavy (non-hydrogen) atoms. The van der Waals surface area contributed by atoms with Crippen LogP contribution >= 0.6 is 23.4 Å². The summed E-state index contributed by atoms with van der Waals surface area (Å²) in [6.07, 6.45) is 1.56. The van der Waals surface area contributed by atoms with Gasteiger partial charge in [-0.3, -0.25) is 0 Å². The molecule has 2 atom stereocenters. The van der Waals surface area contributed by atoms with Gasteiger partial charge >= 0.3 is 6.03 Å². The Hall–Kier alpha value is -2.05. The smallest absolute Gasteiger partial charge is 0.332 e. The van der Waals surface area contributed by atoms with Crippen LogP contribution in [0.3, 0.4) is 0 Å². The molecule has 3 rings (SSSR count). The van der Waals surface area contributed by atoms with Crippen molar-refractivity contribution < 1.29 is 9.18 Å². The molecule has 4 nitrogen and oxygen atoms in total. The van der Waals surface area contributed by atoms with Crippen LogP contribution in [0.15, 0.2) is 58.5 Å². The van der Waals surface area contributed by atoms with Crippen molar-refractivity contribution in [1.82, 2.24) is 5.43 Å². The van der Waals surface area contributed by atoms with Crippen molar-refractivity contribution in [3.05, 3.63) is 65.5 Å². The molecule has 0 fully saturated rings. The number of hydrogen-bond donors (Lipinski definition) is 2. The van der Waals surface area contributed by atoms with Crippen LogP contribution < -0.4 is 11.2 Å². The Labute approximate surface area is 148 Å². The molecule has 1 heterocycles. The summed E-state index contributed by atoms with van der Waals surface area (Å²) in [7, 11) is 0. The second-order valence-corrected chi connectivity index (χ2v) is 7.05. The summed E-state index contributed by atoms with van der Waals surface area (Å²) in [6, 6.07) is 13.4. The average Bonchev–Trinajstić information content (AvgIpc) is 2.58. The lowest BCUT2D eigenvalue weighted by atomic mass is 9.80. The Kier molecular flexibility index (Phi) is 4.78. The monoisotopic (exact) mass is 363 g/mol. The van der Waals surface area contributed by atoms with E-state index in [2.05, 4.69) is 10.5 Å². The molecule has 0 aliphatic carbocycles. The Balaban J connectivity index is 2.10. The number of thioether (sulfide) groups is 1. The number of nitrogens with zero attached hydrogens (tertiary/aromatic N) is 1. The first-order valence-electron chi connectivity index (χ1n) is 7.27. The number of benzene rings is 2. The third-order valence-electron chi connectivity index (χ3n) is 3.89. The van der Waals surface area contributed by atoms with E-state index in [1.54, 1.807) is 24.0 Å². The van der Waals surface area contributed by atoms with Crippen molar-refractivity contribution in [2.75, 3.05) is 5.75 Å². The molecule has 0 radical (unpaired) electrons. The number of hydrazone groups is 1. The van der Waals surface area contributed by atoms with Gasteiger partial charge in [-0.2, -0.15) is 5.10 Å². The van der Waals surface area contributed by atoms with E-state index in [-0.39, 0.29) is 11.7 Å². The van der Waals surface area contributed by atoms with Crippen LogP contribution in [0.4, 0.5) is 9.18 Å². The van der Waals surface area contributed by atoms with Crippen LogP contribution in [0.2, 0.25) is 0 Å². The predicted octanol–water partition coefficient (Wildman–Crippen LogP) is 3.68. The summed E-state index contributed by atoms with van der Waals surface area (Å²) in [5, 5.41) is 3.87. The number of amides is 2. The number of hydrogen-bond acceptors (Lipinski definition) is 3. The van der Waals surface area contributed by atoms with Crippen molar-refractivity contribution in [1.29, 1.82) is 0 Å². The third kappa shape index (κ3) is 3.12. The Morgan fingerprint density at radius 2 is 2.12 bits per heavy atom. The average molecular weight is 364 g/mol. The summed E-state index contributed by atoms with van der Waals surface area (Å²) in [5.41, 5.74) is 8.75. The number of fused-ring (bicyclic) bond motifs is 1. The van der Waals surface area contributed by atoms with Crippen LogP contribution in [0, 0.1) is 11.7 Å². The highest BCUT2D eigenvalue weighted by molar-refractivity contribution is 7.99. The minimum absolute atomic E-state index is 0.257. The lowest BCUT2D eigenvalue weighted by Gasteiger charge is -2.39. The number of carbonyl (C=O) groups is 1. The van der Waals surface area contributed by atoms with Gasteiger partial charge in [0.2, 0.25) is 0 Å². The zero-order valence-corrected chi connectivity index (χ0v) is 14.2. The highest BCUT2D eigenvalue weighted by Crippen LogP contribution is 2.51. The van der Waals surface area contributed by atoms with Crippen molar-refractivity contribution in [3.8, 4) is 0 Å². The van der Waals surface area contributed by atoms with Crippen LogP contribution in [0.25, 0.3) is 0 Å². The van der Waals surface area contributed by atoms with Gasteiger partial charge in [-0.25, -0.2) is 14.6 Å². The Morgan fingerprint density at radius 1 is 1.38 bits per heavy atom. The Morgan fingerprint density at radius 3 is 2.83 bits per heavy atom. The van der Waals surface area contributed by atoms with Gasteiger partial charge in [-0.15, -0.1) is 23.4 Å². The van der Waals surface area contributed by atoms with Gasteiger partial charge < -0.3 is 5.73 Å². The van der Waals surface area contributed by atoms with Crippen LogP contribution in [-0.4, -0.2) is 18.0 Å². The van der Waals surface area contributed by atoms with E-state index in [1.165, 1.54) is 12.1 Å². The molecule has 1 aliphatic rings. The fourth-order valence-corrected chi connectivity index (χ4v) is 4.59. The Bertz CT molecular complexity index is 787. The maximum atomic E-state index is 13.9. The van der Waals surface area contributed by atoms with Gasteiger partial charge in [-0.1, -0.05) is 30.3 Å². The lowest BCUT2D eigenvalue weighted by Crippen LogP contribution is -2.37. The topological polar surface area (TPSA) is 67.5 Å². The summed E-state index contributed by atoms with van der Waals surface area (Å²) >= 11 is 8.64. The second kappa shape index (κ2) is 6.83. The summed E-state index contributed by atoms with van der Waals surface area (Å²) in [4.78, 5) is 10.8. The highest BCUT2D eigenvalue weighted by Gasteiger charge is 2.44. The van der Waals surface area contributed by atoms with E-state index in [0.29, 0.717) is 11.3 Å². The van der Waals surface area contributed by atoms with Crippen LogP contribution in [0.1, 0.15) is 11.1 Å². The van der Waals surface area contributed by atoms with Gasteiger partial charge in [0.1, 0.15) is 10.7 Å². The first-order chi connectivity index (χ1) is 11.5. The molecule has 3 N–H and O–H groups in total. The van der Waals surface area contributed by atoms with Crippen molar-refractivity contribution in [3.63, 3.8) is 0 Å². The third-order valence-corrected chi connectivity index (χ3v) is 5.78. The molecular formula is C17H15ClFN3OS. The number of urea groups is 1. The number of alkyl halides is 1. The molecule has 124 valence electrons. The van der Waals surface area contributed by atoms with E-state index in [9.17, 15) is 9.18 Å². The first kappa shape index (κ1) is 16.8. The molecule has 0 saturated heterocycles. The number of halogens is 2. The zero-order chi connectivity index (χ0) is 17.2. The van der Waals surface area contributed by atoms with Gasteiger partial charge in [0.05, 0.1) is 0 Å². The molecule has 1 aliphatic heterocycles. The fraction of sp³-hybridized carbons (Fsp3) is 0.176. The van der Waals surface area contributed by atoms with Crippen molar-refractivity contribution in [2.45, 2.75) is 9.77 Å². The lowest BCUT2D eigenvalue weighted by molar-refractivity contribution is 0.249. The highest BCUT2D eigenvalue weighted by atomic mass is 35.5. The second-order valence-electron chi connectivity index (χ2n) is 5.39. The van der Waals surface area contributed by atoms with E-state index in [4.69, 9.17) is 17.3 Å². The van der Waals surface area contributed by atoms with Crippen molar-refractivity contribution in [2.24, 2.45) is 16.8 Å². The summed E-state index contributed by atoms with van der Waals surface area (Å²) in [5.74, 6) is 0.0388. The quantitative estimate of drug-likeness (QED) is 0.496. The molecule has 2 unspecified atom stereocenters. The largest absolute Gasteiger partial charge is 0.350 e. The number of rotatable bonds is 3. The minimum atomic E-state index is -0.979. The van der Waals surface area contributed by atoms with Gasteiger partial charge in [-0.05, 0) is 29.3 Å². The zero-order valence-electron chi connectivity index (χ0n) is 12.6. The number of nitrogens with one attached hydrogen (secondary N) is 1. The first-order valence-corrected chi connectivity index (χ1v) is 8.64. The molecule has 2 aromatic rings. The van der Waals surface area contributed by atoms with Gasteiger partial charge in [0.15, 0.2) is 0 Å². The standard InChI is InChI=1S/C17H15ClFN3OS/c18-17(11-4-2-1-3-5-11)12(9-21-22-16(20)23)10-24-15-7-6-13(19)8-14(15)17/h1-9,12H,10H2,(H3,20,22,23). The molecule has 0 saturated carbocycles. The maximum Gasteiger partial charge on any atom is 0.332 e. The van der Waals surface area contributed by atoms with Crippen LogP contribution in [-0.2, 0) is 4.87 Å². The summed E-state index contributed by atoms with van der Waals surface area (Å²) < 4.78 is 13.9. The van der Waals surface area contributed by atoms with E-state index in [0.717, 1.165) is 10.5 Å². The minimum Gasteiger partial charge on any atom is -0.350 e. The van der Waals surface area contributed by atoms with Crippen LogP contribution in [0.5, 0.6) is 0 Å². The van der Waals surface area contributed by atoms with Gasteiger partial charge in [0, 0.05) is 22.8 Å². The SMILES string of the molecule is NC(=O)NN=CC1CSc2ccc(F)cc2C1(Cl)c1ccccc1. The molecule has 2 amide bonds. The molecule has 7 heteroatoms.